The van der Waals surface area contributed by atoms with Crippen molar-refractivity contribution in [3.05, 3.63) is 24.0 Å². The summed E-state index contributed by atoms with van der Waals surface area (Å²) in [5.74, 6) is -0.0756. The van der Waals surface area contributed by atoms with Gasteiger partial charge in [0.05, 0.1) is 31.6 Å². The van der Waals surface area contributed by atoms with Gasteiger partial charge in [0.25, 0.3) is 0 Å². The summed E-state index contributed by atoms with van der Waals surface area (Å²) in [5.41, 5.74) is 5.92. The second-order valence-corrected chi connectivity index (χ2v) is 8.81. The highest BCUT2D eigenvalue weighted by Crippen LogP contribution is 2.48. The normalized spacial score (nSPS) is 17.6. The first-order valence-electron chi connectivity index (χ1n) is 8.41. The van der Waals surface area contributed by atoms with Crippen molar-refractivity contribution in [3.63, 3.8) is 0 Å². The van der Waals surface area contributed by atoms with E-state index < -0.39 is 19.5 Å². The number of nitrogens with zero attached hydrogens (tertiary/aromatic N) is 1. The second-order valence-electron chi connectivity index (χ2n) is 5.49. The third-order valence-electron chi connectivity index (χ3n) is 3.64. The SMILES string of the molecule is CCOP(=O)(CCSc1ccc(N2C[C@H](CN)OC2=O)cc1F)OCC. The highest BCUT2D eigenvalue weighted by atomic mass is 32.2. The van der Waals surface area contributed by atoms with Crippen LogP contribution in [-0.4, -0.2) is 50.4 Å². The predicted molar refractivity (Wildman–Crippen MR) is 99.5 cm³/mol. The van der Waals surface area contributed by atoms with E-state index in [-0.39, 0.29) is 18.8 Å². The Bertz CT molecular complexity index is 668. The fourth-order valence-electron chi connectivity index (χ4n) is 2.46. The second kappa shape index (κ2) is 9.71. The third kappa shape index (κ3) is 5.44. The number of nitrogens with two attached hydrogens (primary N) is 1. The molecule has 1 heterocycles. The van der Waals surface area contributed by atoms with Gasteiger partial charge >= 0.3 is 13.7 Å². The quantitative estimate of drug-likeness (QED) is 0.470. The number of halogens is 1. The monoisotopic (exact) mass is 406 g/mol. The number of hydrogen-bond donors (Lipinski definition) is 1. The molecule has 0 saturated carbocycles. The van der Waals surface area contributed by atoms with Crippen molar-refractivity contribution < 1.29 is 27.5 Å². The molecule has 1 aliphatic heterocycles. The van der Waals surface area contributed by atoms with Gasteiger partial charge in [-0.1, -0.05) is 0 Å². The molecule has 146 valence electrons. The first-order chi connectivity index (χ1) is 12.4. The number of benzene rings is 1. The summed E-state index contributed by atoms with van der Waals surface area (Å²) >= 11 is 1.22. The van der Waals surface area contributed by atoms with Crippen molar-refractivity contribution in [1.29, 1.82) is 0 Å². The molecule has 0 spiro atoms. The zero-order valence-corrected chi connectivity index (χ0v) is 16.6. The Labute approximate surface area is 156 Å². The Hall–Kier alpha value is -1.12. The van der Waals surface area contributed by atoms with E-state index in [1.54, 1.807) is 26.0 Å². The van der Waals surface area contributed by atoms with Crippen molar-refractivity contribution in [2.24, 2.45) is 5.73 Å². The number of hydrogen-bond acceptors (Lipinski definition) is 7. The number of carbonyl (C=O) groups is 1. The zero-order valence-electron chi connectivity index (χ0n) is 14.9. The van der Waals surface area contributed by atoms with E-state index in [0.29, 0.717) is 36.1 Å². The third-order valence-corrected chi connectivity index (χ3v) is 7.07. The standard InChI is InChI=1S/C16H24FN2O5PS/c1-3-22-25(21,23-4-2)7-8-26-15-6-5-12(9-14(15)17)19-11-13(10-18)24-16(19)20/h5-6,9,13H,3-4,7-8,10-11,18H2,1-2H3/t13-/m0/s1. The summed E-state index contributed by atoms with van der Waals surface area (Å²) < 4.78 is 42.3. The largest absolute Gasteiger partial charge is 0.443 e. The van der Waals surface area contributed by atoms with Crippen LogP contribution in [0.3, 0.4) is 0 Å². The molecule has 1 aromatic carbocycles. The van der Waals surface area contributed by atoms with Crippen molar-refractivity contribution in [2.75, 3.05) is 43.1 Å². The summed E-state index contributed by atoms with van der Waals surface area (Å²) in [4.78, 5) is 13.6. The Morgan fingerprint density at radius 3 is 2.62 bits per heavy atom. The van der Waals surface area contributed by atoms with Crippen LogP contribution in [-0.2, 0) is 18.3 Å². The number of ether oxygens (including phenoxy) is 1. The average Bonchev–Trinajstić information content (AvgIpc) is 2.98. The van der Waals surface area contributed by atoms with Crippen LogP contribution in [0.25, 0.3) is 0 Å². The van der Waals surface area contributed by atoms with Crippen LogP contribution >= 0.6 is 19.4 Å². The molecule has 1 aromatic rings. The van der Waals surface area contributed by atoms with Gasteiger partial charge in [0.2, 0.25) is 0 Å². The maximum absolute atomic E-state index is 14.4. The molecule has 1 saturated heterocycles. The molecule has 0 unspecified atom stereocenters. The van der Waals surface area contributed by atoms with Crippen molar-refractivity contribution in [2.45, 2.75) is 24.8 Å². The minimum atomic E-state index is -3.14. The molecule has 10 heteroatoms. The number of rotatable bonds is 10. The van der Waals surface area contributed by atoms with Crippen LogP contribution in [0.2, 0.25) is 0 Å². The van der Waals surface area contributed by atoms with Crippen LogP contribution < -0.4 is 10.6 Å². The molecule has 26 heavy (non-hydrogen) atoms. The lowest BCUT2D eigenvalue weighted by molar-refractivity contribution is 0.145. The zero-order chi connectivity index (χ0) is 19.2. The Morgan fingerprint density at radius 1 is 1.38 bits per heavy atom. The van der Waals surface area contributed by atoms with Gasteiger partial charge in [0.1, 0.15) is 11.9 Å². The first-order valence-corrected chi connectivity index (χ1v) is 11.1. The molecule has 0 aromatic heterocycles. The highest BCUT2D eigenvalue weighted by Gasteiger charge is 2.31. The van der Waals surface area contributed by atoms with E-state index in [2.05, 4.69) is 0 Å². The van der Waals surface area contributed by atoms with Gasteiger partial charge in [-0.25, -0.2) is 9.18 Å². The van der Waals surface area contributed by atoms with E-state index in [9.17, 15) is 13.8 Å². The van der Waals surface area contributed by atoms with Crippen LogP contribution in [0.4, 0.5) is 14.9 Å². The molecule has 1 atom stereocenters. The molecule has 0 aliphatic carbocycles. The Balaban J connectivity index is 1.97. The topological polar surface area (TPSA) is 91.1 Å². The smallest absolute Gasteiger partial charge is 0.414 e. The molecule has 2 rings (SSSR count). The minimum Gasteiger partial charge on any atom is -0.443 e. The molecule has 0 bridgehead atoms. The summed E-state index contributed by atoms with van der Waals surface area (Å²) in [7, 11) is -3.14. The number of cyclic esters (lactones) is 1. The van der Waals surface area contributed by atoms with E-state index >= 15 is 0 Å². The van der Waals surface area contributed by atoms with Gasteiger partial charge in [-0.2, -0.15) is 0 Å². The van der Waals surface area contributed by atoms with Crippen LogP contribution in [0.15, 0.2) is 23.1 Å². The number of amides is 1. The van der Waals surface area contributed by atoms with E-state index in [1.807, 2.05) is 0 Å². The number of anilines is 1. The van der Waals surface area contributed by atoms with E-state index in [4.69, 9.17) is 19.5 Å². The lowest BCUT2D eigenvalue weighted by atomic mass is 10.2. The lowest BCUT2D eigenvalue weighted by Crippen LogP contribution is -2.27. The molecule has 1 aliphatic rings. The van der Waals surface area contributed by atoms with Crippen molar-refractivity contribution >= 4 is 31.1 Å². The number of thioether (sulfide) groups is 1. The van der Waals surface area contributed by atoms with Gasteiger partial charge in [0, 0.05) is 17.2 Å². The molecular weight excluding hydrogens is 382 g/mol. The van der Waals surface area contributed by atoms with Gasteiger partial charge < -0.3 is 19.5 Å². The molecule has 1 amide bonds. The van der Waals surface area contributed by atoms with Gasteiger partial charge in [0.15, 0.2) is 0 Å². The average molecular weight is 406 g/mol. The molecule has 2 N–H and O–H groups in total. The molecule has 1 fully saturated rings. The van der Waals surface area contributed by atoms with Crippen LogP contribution in [0.1, 0.15) is 13.8 Å². The molecular formula is C16H24FN2O5PS. The summed E-state index contributed by atoms with van der Waals surface area (Å²) in [6.45, 7) is 4.60. The van der Waals surface area contributed by atoms with Gasteiger partial charge in [-0.15, -0.1) is 11.8 Å². The maximum atomic E-state index is 14.4. The summed E-state index contributed by atoms with van der Waals surface area (Å²) in [6, 6.07) is 4.52. The Kier molecular flexibility index (Phi) is 7.91. The van der Waals surface area contributed by atoms with Crippen molar-refractivity contribution in [1.82, 2.24) is 0 Å². The van der Waals surface area contributed by atoms with Crippen LogP contribution in [0, 0.1) is 5.82 Å². The van der Waals surface area contributed by atoms with Crippen LogP contribution in [0.5, 0.6) is 0 Å². The minimum absolute atomic E-state index is 0.192. The molecule has 7 nitrogen and oxygen atoms in total. The summed E-state index contributed by atoms with van der Waals surface area (Å²) in [6.07, 6.45) is -0.725. The molecule has 0 radical (unpaired) electrons. The Morgan fingerprint density at radius 2 is 2.08 bits per heavy atom. The number of carbonyl (C=O) groups excluding carboxylic acids is 1. The van der Waals surface area contributed by atoms with Gasteiger partial charge in [-0.3, -0.25) is 9.46 Å². The van der Waals surface area contributed by atoms with Crippen molar-refractivity contribution in [3.8, 4) is 0 Å². The van der Waals surface area contributed by atoms with E-state index in [0.717, 1.165) is 0 Å². The fraction of sp³-hybridized carbons (Fsp3) is 0.562. The van der Waals surface area contributed by atoms with Gasteiger partial charge in [-0.05, 0) is 32.0 Å². The maximum Gasteiger partial charge on any atom is 0.414 e. The first kappa shape index (κ1) is 21.2. The lowest BCUT2D eigenvalue weighted by Gasteiger charge is -2.17. The predicted octanol–water partition coefficient (Wildman–Crippen LogP) is 3.47. The highest BCUT2D eigenvalue weighted by molar-refractivity contribution is 7.99. The summed E-state index contributed by atoms with van der Waals surface area (Å²) in [5, 5.41) is 0. The van der Waals surface area contributed by atoms with E-state index in [1.165, 1.54) is 22.7 Å². The fourth-order valence-corrected chi connectivity index (χ4v) is 5.42.